The SMILES string of the molecule is Cc1cc(Br)cc(C)c1Nc1ccc(I)cc1N. The number of nitrogen functional groups attached to an aromatic ring is 1. The van der Waals surface area contributed by atoms with Crippen molar-refractivity contribution >= 4 is 55.6 Å². The highest BCUT2D eigenvalue weighted by Crippen LogP contribution is 2.30. The summed E-state index contributed by atoms with van der Waals surface area (Å²) in [5, 5.41) is 3.41. The Kier molecular flexibility index (Phi) is 4.17. The van der Waals surface area contributed by atoms with Crippen molar-refractivity contribution in [3.63, 3.8) is 0 Å². The molecule has 0 aliphatic heterocycles. The van der Waals surface area contributed by atoms with Crippen LogP contribution in [0.3, 0.4) is 0 Å². The molecule has 0 radical (unpaired) electrons. The van der Waals surface area contributed by atoms with E-state index in [1.807, 2.05) is 18.2 Å². The molecule has 2 aromatic rings. The number of rotatable bonds is 2. The molecule has 0 saturated heterocycles. The quantitative estimate of drug-likeness (QED) is 0.534. The predicted molar refractivity (Wildman–Crippen MR) is 90.5 cm³/mol. The van der Waals surface area contributed by atoms with Crippen LogP contribution in [0.5, 0.6) is 0 Å². The van der Waals surface area contributed by atoms with Crippen molar-refractivity contribution in [2.75, 3.05) is 11.1 Å². The molecule has 94 valence electrons. The van der Waals surface area contributed by atoms with E-state index >= 15 is 0 Å². The summed E-state index contributed by atoms with van der Waals surface area (Å²) in [7, 11) is 0. The fourth-order valence-corrected chi connectivity index (χ4v) is 3.09. The first-order chi connectivity index (χ1) is 8.47. The summed E-state index contributed by atoms with van der Waals surface area (Å²) in [5.41, 5.74) is 11.2. The summed E-state index contributed by atoms with van der Waals surface area (Å²) in [6.45, 7) is 4.17. The lowest BCUT2D eigenvalue weighted by molar-refractivity contribution is 1.34. The molecule has 0 heterocycles. The van der Waals surface area contributed by atoms with E-state index in [1.54, 1.807) is 0 Å². The van der Waals surface area contributed by atoms with Crippen molar-refractivity contribution in [2.24, 2.45) is 0 Å². The van der Waals surface area contributed by atoms with E-state index in [-0.39, 0.29) is 0 Å². The Balaban J connectivity index is 2.40. The highest BCUT2D eigenvalue weighted by molar-refractivity contribution is 14.1. The van der Waals surface area contributed by atoms with Gasteiger partial charge in [0.05, 0.1) is 11.4 Å². The van der Waals surface area contributed by atoms with Crippen LogP contribution in [0.1, 0.15) is 11.1 Å². The second-order valence-corrected chi connectivity index (χ2v) is 6.43. The molecule has 18 heavy (non-hydrogen) atoms. The third-order valence-corrected chi connectivity index (χ3v) is 3.90. The summed E-state index contributed by atoms with van der Waals surface area (Å²) in [6.07, 6.45) is 0. The third kappa shape index (κ3) is 2.98. The maximum absolute atomic E-state index is 6.02. The van der Waals surface area contributed by atoms with Gasteiger partial charge in [-0.15, -0.1) is 0 Å². The molecule has 2 rings (SSSR count). The second kappa shape index (κ2) is 5.48. The van der Waals surface area contributed by atoms with E-state index in [2.05, 4.69) is 69.8 Å². The van der Waals surface area contributed by atoms with Crippen molar-refractivity contribution in [3.8, 4) is 0 Å². The van der Waals surface area contributed by atoms with E-state index in [1.165, 1.54) is 11.1 Å². The molecule has 4 heteroatoms. The van der Waals surface area contributed by atoms with Crippen LogP contribution in [-0.4, -0.2) is 0 Å². The topological polar surface area (TPSA) is 38.0 Å². The van der Waals surface area contributed by atoms with Crippen molar-refractivity contribution < 1.29 is 0 Å². The molecule has 0 bridgehead atoms. The van der Waals surface area contributed by atoms with Crippen LogP contribution in [-0.2, 0) is 0 Å². The van der Waals surface area contributed by atoms with E-state index in [0.717, 1.165) is 25.1 Å². The molecule has 0 unspecified atom stereocenters. The lowest BCUT2D eigenvalue weighted by Gasteiger charge is -2.15. The first kappa shape index (κ1) is 13.7. The number of halogens is 2. The fraction of sp³-hybridized carbons (Fsp3) is 0.143. The van der Waals surface area contributed by atoms with Crippen LogP contribution in [0.15, 0.2) is 34.8 Å². The van der Waals surface area contributed by atoms with Gasteiger partial charge in [-0.1, -0.05) is 15.9 Å². The zero-order valence-electron chi connectivity index (χ0n) is 10.2. The average molecular weight is 417 g/mol. The first-order valence-corrected chi connectivity index (χ1v) is 7.43. The van der Waals surface area contributed by atoms with E-state index in [4.69, 9.17) is 5.73 Å². The number of nitrogens with one attached hydrogen (secondary N) is 1. The van der Waals surface area contributed by atoms with Gasteiger partial charge in [-0.2, -0.15) is 0 Å². The van der Waals surface area contributed by atoms with E-state index in [9.17, 15) is 0 Å². The van der Waals surface area contributed by atoms with Gasteiger partial charge in [-0.25, -0.2) is 0 Å². The van der Waals surface area contributed by atoms with Gasteiger partial charge in [0.1, 0.15) is 0 Å². The minimum atomic E-state index is 0.767. The van der Waals surface area contributed by atoms with Gasteiger partial charge in [-0.05, 0) is 77.9 Å². The minimum absolute atomic E-state index is 0.767. The molecular formula is C14H14BrIN2. The van der Waals surface area contributed by atoms with Crippen LogP contribution in [0.2, 0.25) is 0 Å². The largest absolute Gasteiger partial charge is 0.397 e. The Morgan fingerprint density at radius 3 is 2.28 bits per heavy atom. The molecule has 0 fully saturated rings. The standard InChI is InChI=1S/C14H14BrIN2/c1-8-5-10(15)6-9(2)14(8)18-13-4-3-11(16)7-12(13)17/h3-7,18H,17H2,1-2H3. The second-order valence-electron chi connectivity index (χ2n) is 4.27. The molecule has 0 amide bonds. The normalized spacial score (nSPS) is 10.4. The lowest BCUT2D eigenvalue weighted by Crippen LogP contribution is -2.00. The van der Waals surface area contributed by atoms with Crippen molar-refractivity contribution in [2.45, 2.75) is 13.8 Å². The minimum Gasteiger partial charge on any atom is -0.397 e. The molecule has 3 N–H and O–H groups in total. The fourth-order valence-electron chi connectivity index (χ4n) is 1.89. The molecule has 0 aliphatic rings. The zero-order chi connectivity index (χ0) is 13.3. The van der Waals surface area contributed by atoms with Crippen LogP contribution < -0.4 is 11.1 Å². The number of nitrogens with two attached hydrogens (primary N) is 1. The third-order valence-electron chi connectivity index (χ3n) is 2.77. The van der Waals surface area contributed by atoms with Gasteiger partial charge in [0.15, 0.2) is 0 Å². The summed E-state index contributed by atoms with van der Waals surface area (Å²) < 4.78 is 2.23. The van der Waals surface area contributed by atoms with Crippen LogP contribution in [0.4, 0.5) is 17.1 Å². The number of hydrogen-bond acceptors (Lipinski definition) is 2. The van der Waals surface area contributed by atoms with Crippen molar-refractivity contribution in [1.29, 1.82) is 0 Å². The first-order valence-electron chi connectivity index (χ1n) is 5.56. The Morgan fingerprint density at radius 1 is 1.11 bits per heavy atom. The van der Waals surface area contributed by atoms with Gasteiger partial charge < -0.3 is 11.1 Å². The number of benzene rings is 2. The molecule has 0 aliphatic carbocycles. The Hall–Kier alpha value is -0.750. The molecule has 0 aromatic heterocycles. The summed E-state index contributed by atoms with van der Waals surface area (Å²) in [6, 6.07) is 10.2. The van der Waals surface area contributed by atoms with Gasteiger partial charge in [0, 0.05) is 13.7 Å². The molecular weight excluding hydrogens is 403 g/mol. The molecule has 2 nitrogen and oxygen atoms in total. The van der Waals surface area contributed by atoms with Gasteiger partial charge >= 0.3 is 0 Å². The van der Waals surface area contributed by atoms with Crippen LogP contribution >= 0.6 is 38.5 Å². The molecule has 0 atom stereocenters. The molecule has 0 saturated carbocycles. The van der Waals surface area contributed by atoms with Gasteiger partial charge in [0.2, 0.25) is 0 Å². The Labute approximate surface area is 129 Å². The zero-order valence-corrected chi connectivity index (χ0v) is 14.0. The predicted octanol–water partition coefficient (Wildman–Crippen LogP) is 5.00. The van der Waals surface area contributed by atoms with E-state index in [0.29, 0.717) is 0 Å². The molecule has 0 spiro atoms. The van der Waals surface area contributed by atoms with Gasteiger partial charge in [-0.3, -0.25) is 0 Å². The highest BCUT2D eigenvalue weighted by Gasteiger charge is 2.06. The monoisotopic (exact) mass is 416 g/mol. The van der Waals surface area contributed by atoms with Gasteiger partial charge in [0.25, 0.3) is 0 Å². The van der Waals surface area contributed by atoms with Crippen LogP contribution in [0.25, 0.3) is 0 Å². The number of hydrogen-bond donors (Lipinski definition) is 2. The summed E-state index contributed by atoms with van der Waals surface area (Å²) in [4.78, 5) is 0. The van der Waals surface area contributed by atoms with Crippen molar-refractivity contribution in [3.05, 3.63) is 49.5 Å². The maximum Gasteiger partial charge on any atom is 0.0618 e. The van der Waals surface area contributed by atoms with Crippen molar-refractivity contribution in [1.82, 2.24) is 0 Å². The molecule has 2 aromatic carbocycles. The highest BCUT2D eigenvalue weighted by atomic mass is 127. The maximum atomic E-state index is 6.02. The summed E-state index contributed by atoms with van der Waals surface area (Å²) >= 11 is 5.76. The number of aryl methyl sites for hydroxylation is 2. The Morgan fingerprint density at radius 2 is 1.72 bits per heavy atom. The Bertz CT molecular complexity index is 573. The van der Waals surface area contributed by atoms with E-state index < -0.39 is 0 Å². The average Bonchev–Trinajstić information content (AvgIpc) is 2.25. The summed E-state index contributed by atoms with van der Waals surface area (Å²) in [5.74, 6) is 0. The lowest BCUT2D eigenvalue weighted by atomic mass is 10.1. The smallest absolute Gasteiger partial charge is 0.0618 e. The number of anilines is 3. The van der Waals surface area contributed by atoms with Crippen LogP contribution in [0, 0.1) is 17.4 Å².